The highest BCUT2D eigenvalue weighted by atomic mass is 16.1. The molecule has 3 heteroatoms. The Morgan fingerprint density at radius 3 is 1.89 bits per heavy atom. The van der Waals surface area contributed by atoms with Crippen LogP contribution in [0.5, 0.6) is 0 Å². The average Bonchev–Trinajstić information content (AvgIpc) is 2.91. The van der Waals surface area contributed by atoms with Crippen molar-refractivity contribution in [2.24, 2.45) is 9.98 Å². The van der Waals surface area contributed by atoms with E-state index in [1.54, 1.807) is 0 Å². The predicted molar refractivity (Wildman–Crippen MR) is 162 cm³/mol. The van der Waals surface area contributed by atoms with Crippen molar-refractivity contribution >= 4 is 29.1 Å². The molecule has 0 heterocycles. The molecule has 0 aromatic heterocycles. The van der Waals surface area contributed by atoms with Crippen LogP contribution in [0.25, 0.3) is 0 Å². The van der Waals surface area contributed by atoms with Crippen LogP contribution in [0.1, 0.15) is 121 Å². The van der Waals surface area contributed by atoms with Gasteiger partial charge < -0.3 is 4.79 Å². The van der Waals surface area contributed by atoms with Crippen LogP contribution in [0.4, 0.5) is 11.4 Å². The number of hydrogen-bond donors (Lipinski definition) is 0. The van der Waals surface area contributed by atoms with E-state index in [4.69, 9.17) is 9.98 Å². The lowest BCUT2D eigenvalue weighted by atomic mass is 9.98. The Kier molecular flexibility index (Phi) is 15.5. The Morgan fingerprint density at radius 2 is 1.24 bits per heavy atom. The molecule has 0 aliphatic rings. The molecular weight excluding hydrogens is 452 g/mol. The first-order chi connectivity index (χ1) is 18.1. The summed E-state index contributed by atoms with van der Waals surface area (Å²) in [5.41, 5.74) is 8.56. The fourth-order valence-corrected chi connectivity index (χ4v) is 4.73. The molecule has 0 saturated heterocycles. The van der Waals surface area contributed by atoms with Gasteiger partial charge in [0.15, 0.2) is 0 Å². The summed E-state index contributed by atoms with van der Waals surface area (Å²) in [6.07, 6.45) is 17.1. The topological polar surface area (TPSA) is 41.8 Å². The van der Waals surface area contributed by atoms with E-state index in [0.29, 0.717) is 6.42 Å². The number of carbonyl (C=O) groups excluding carboxylic acids is 1. The lowest BCUT2D eigenvalue weighted by Gasteiger charge is -2.13. The van der Waals surface area contributed by atoms with Crippen molar-refractivity contribution in [2.45, 2.75) is 124 Å². The lowest BCUT2D eigenvalue weighted by Crippen LogP contribution is -2.14. The minimum atomic E-state index is 0.623. The zero-order chi connectivity index (χ0) is 26.7. The molecule has 0 N–H and O–H groups in total. The number of hydrogen-bond acceptors (Lipinski definition) is 3. The van der Waals surface area contributed by atoms with Crippen molar-refractivity contribution in [2.75, 3.05) is 0 Å². The summed E-state index contributed by atoms with van der Waals surface area (Å²) in [6.45, 7) is 9.02. The molecule has 2 aromatic carbocycles. The van der Waals surface area contributed by atoms with E-state index >= 15 is 0 Å². The van der Waals surface area contributed by atoms with Crippen molar-refractivity contribution in [3.8, 4) is 0 Å². The Bertz CT molecular complexity index is 972. The molecule has 0 radical (unpaired) electrons. The molecular formula is C34H50N2O. The predicted octanol–water partition coefficient (Wildman–Crippen LogP) is 10.1. The van der Waals surface area contributed by atoms with Crippen molar-refractivity contribution in [3.63, 3.8) is 0 Å². The van der Waals surface area contributed by atoms with Crippen molar-refractivity contribution in [3.05, 3.63) is 59.2 Å². The lowest BCUT2D eigenvalue weighted by molar-refractivity contribution is -0.107. The van der Waals surface area contributed by atoms with Crippen molar-refractivity contribution in [1.82, 2.24) is 0 Å². The molecule has 0 spiro atoms. The van der Waals surface area contributed by atoms with Gasteiger partial charge >= 0.3 is 0 Å². The van der Waals surface area contributed by atoms with Crippen LogP contribution in [-0.2, 0) is 24.1 Å². The third-order valence-corrected chi connectivity index (χ3v) is 6.85. The van der Waals surface area contributed by atoms with E-state index in [-0.39, 0.29) is 0 Å². The molecule has 2 aromatic rings. The standard InChI is InChI=1S/C34H50N2O/c1-5-9-11-12-19-34(36-32-25-22-29(15-7-3)30(27-32)16-8-4)33(18-10-6-2)35-31-23-20-28(21-24-31)17-13-14-26-37/h20-27H,5-19H2,1-4H3. The molecule has 0 bridgehead atoms. The van der Waals surface area contributed by atoms with Gasteiger partial charge in [-0.1, -0.05) is 84.4 Å². The third-order valence-electron chi connectivity index (χ3n) is 6.85. The second kappa shape index (κ2) is 18.7. The molecule has 202 valence electrons. The number of aldehydes is 1. The molecule has 2 rings (SSSR count). The Balaban J connectivity index is 2.41. The first-order valence-electron chi connectivity index (χ1n) is 14.9. The van der Waals surface area contributed by atoms with Gasteiger partial charge in [0.1, 0.15) is 6.29 Å². The monoisotopic (exact) mass is 502 g/mol. The SMILES string of the molecule is CCCCCCC(=Nc1ccc(CCC)c(CCC)c1)C(CCCC)=Nc1ccc(CCCC=O)cc1. The number of benzene rings is 2. The summed E-state index contributed by atoms with van der Waals surface area (Å²) >= 11 is 0. The van der Waals surface area contributed by atoms with Gasteiger partial charge in [-0.25, -0.2) is 0 Å². The average molecular weight is 503 g/mol. The van der Waals surface area contributed by atoms with E-state index < -0.39 is 0 Å². The largest absolute Gasteiger partial charge is 0.303 e. The van der Waals surface area contributed by atoms with Gasteiger partial charge in [-0.2, -0.15) is 0 Å². The van der Waals surface area contributed by atoms with E-state index in [2.05, 4.69) is 70.2 Å². The molecule has 0 saturated carbocycles. The number of aliphatic imine (C=N–C) groups is 2. The Morgan fingerprint density at radius 1 is 0.622 bits per heavy atom. The minimum absolute atomic E-state index is 0.623. The molecule has 0 unspecified atom stereocenters. The first kappa shape index (κ1) is 30.7. The minimum Gasteiger partial charge on any atom is -0.303 e. The number of carbonyl (C=O) groups is 1. The Hall–Kier alpha value is -2.55. The highest BCUT2D eigenvalue weighted by Crippen LogP contribution is 2.24. The van der Waals surface area contributed by atoms with Gasteiger partial charge in [-0.3, -0.25) is 9.98 Å². The van der Waals surface area contributed by atoms with Gasteiger partial charge in [-0.15, -0.1) is 0 Å². The molecule has 3 nitrogen and oxygen atoms in total. The summed E-state index contributed by atoms with van der Waals surface area (Å²) < 4.78 is 0. The Labute approximate surface area is 226 Å². The molecule has 0 fully saturated rings. The van der Waals surface area contributed by atoms with Crippen LogP contribution in [-0.4, -0.2) is 17.7 Å². The smallest absolute Gasteiger partial charge is 0.120 e. The summed E-state index contributed by atoms with van der Waals surface area (Å²) in [7, 11) is 0. The van der Waals surface area contributed by atoms with Gasteiger partial charge in [0.2, 0.25) is 0 Å². The number of rotatable bonds is 19. The summed E-state index contributed by atoms with van der Waals surface area (Å²) in [5, 5.41) is 0. The zero-order valence-electron chi connectivity index (χ0n) is 24.0. The van der Waals surface area contributed by atoms with E-state index in [1.165, 1.54) is 42.4 Å². The van der Waals surface area contributed by atoms with E-state index in [0.717, 1.165) is 93.3 Å². The van der Waals surface area contributed by atoms with Crippen LogP contribution in [0, 0.1) is 0 Å². The van der Waals surface area contributed by atoms with Crippen molar-refractivity contribution in [1.29, 1.82) is 0 Å². The molecule has 37 heavy (non-hydrogen) atoms. The number of unbranched alkanes of at least 4 members (excludes halogenated alkanes) is 5. The van der Waals surface area contributed by atoms with E-state index in [9.17, 15) is 4.79 Å². The molecule has 0 aliphatic heterocycles. The summed E-state index contributed by atoms with van der Waals surface area (Å²) in [5.74, 6) is 0. The maximum atomic E-state index is 10.6. The quantitative estimate of drug-likeness (QED) is 0.107. The van der Waals surface area contributed by atoms with E-state index in [1.807, 2.05) is 0 Å². The highest BCUT2D eigenvalue weighted by Gasteiger charge is 2.12. The summed E-state index contributed by atoms with van der Waals surface area (Å²) in [4.78, 5) is 21.1. The van der Waals surface area contributed by atoms with Crippen LogP contribution in [0.2, 0.25) is 0 Å². The fraction of sp³-hybridized carbons (Fsp3) is 0.559. The third kappa shape index (κ3) is 11.6. The second-order valence-electron chi connectivity index (χ2n) is 10.2. The van der Waals surface area contributed by atoms with Crippen LogP contribution < -0.4 is 0 Å². The van der Waals surface area contributed by atoms with Gasteiger partial charge in [0.05, 0.1) is 22.8 Å². The summed E-state index contributed by atoms with van der Waals surface area (Å²) in [6, 6.07) is 15.4. The van der Waals surface area contributed by atoms with Gasteiger partial charge in [-0.05, 0) is 92.3 Å². The normalized spacial score (nSPS) is 12.2. The van der Waals surface area contributed by atoms with Gasteiger partial charge in [0, 0.05) is 6.42 Å². The van der Waals surface area contributed by atoms with Crippen LogP contribution in [0.3, 0.4) is 0 Å². The second-order valence-corrected chi connectivity index (χ2v) is 10.2. The maximum Gasteiger partial charge on any atom is 0.120 e. The van der Waals surface area contributed by atoms with Gasteiger partial charge in [0.25, 0.3) is 0 Å². The fourth-order valence-electron chi connectivity index (χ4n) is 4.73. The van der Waals surface area contributed by atoms with Crippen LogP contribution >= 0.6 is 0 Å². The zero-order valence-corrected chi connectivity index (χ0v) is 24.0. The number of aryl methyl sites for hydroxylation is 3. The van der Waals surface area contributed by atoms with Crippen molar-refractivity contribution < 1.29 is 4.79 Å². The number of nitrogens with zero attached hydrogens (tertiary/aromatic N) is 2. The maximum absolute atomic E-state index is 10.6. The molecule has 0 atom stereocenters. The first-order valence-corrected chi connectivity index (χ1v) is 14.9. The molecule has 0 amide bonds. The molecule has 0 aliphatic carbocycles. The highest BCUT2D eigenvalue weighted by molar-refractivity contribution is 6.43. The van der Waals surface area contributed by atoms with Crippen LogP contribution in [0.15, 0.2) is 52.4 Å².